The lowest BCUT2D eigenvalue weighted by Gasteiger charge is -2.23. The van der Waals surface area contributed by atoms with Crippen LogP contribution in [0.2, 0.25) is 0 Å². The highest BCUT2D eigenvalue weighted by Gasteiger charge is 2.31. The van der Waals surface area contributed by atoms with E-state index >= 15 is 0 Å². The molecule has 0 bridgehead atoms. The van der Waals surface area contributed by atoms with Gasteiger partial charge < -0.3 is 9.64 Å². The first kappa shape index (κ1) is 18.8. The molecule has 0 saturated carbocycles. The van der Waals surface area contributed by atoms with E-state index in [0.29, 0.717) is 5.56 Å². The number of anilines is 1. The lowest BCUT2D eigenvalue weighted by Crippen LogP contribution is -2.38. The van der Waals surface area contributed by atoms with Crippen LogP contribution in [0.4, 0.5) is 5.69 Å². The number of aromatic nitrogens is 1. The summed E-state index contributed by atoms with van der Waals surface area (Å²) >= 11 is 0. The predicted molar refractivity (Wildman–Crippen MR) is 116 cm³/mol. The SMILES string of the molecule is C[C@H]1Cc2ccccc2N1C(=O)COC(=O)c1c2c(nc3ccccc13)CCCC2. The summed E-state index contributed by atoms with van der Waals surface area (Å²) in [6.45, 7) is 1.76. The third kappa shape index (κ3) is 3.15. The van der Waals surface area contributed by atoms with E-state index in [1.165, 1.54) is 0 Å². The van der Waals surface area contributed by atoms with Crippen LogP contribution < -0.4 is 4.90 Å². The monoisotopic (exact) mass is 400 g/mol. The van der Waals surface area contributed by atoms with Crippen molar-refractivity contribution in [1.29, 1.82) is 0 Å². The summed E-state index contributed by atoms with van der Waals surface area (Å²) in [7, 11) is 0. The molecule has 1 aliphatic heterocycles. The lowest BCUT2D eigenvalue weighted by atomic mass is 9.90. The van der Waals surface area contributed by atoms with E-state index in [1.807, 2.05) is 55.5 Å². The maximum atomic E-state index is 13.2. The number of esters is 1. The fourth-order valence-corrected chi connectivity index (χ4v) is 4.82. The van der Waals surface area contributed by atoms with E-state index < -0.39 is 5.97 Å². The van der Waals surface area contributed by atoms with Gasteiger partial charge in [0.2, 0.25) is 0 Å². The largest absolute Gasteiger partial charge is 0.452 e. The van der Waals surface area contributed by atoms with Crippen molar-refractivity contribution in [2.75, 3.05) is 11.5 Å². The van der Waals surface area contributed by atoms with E-state index in [1.54, 1.807) is 4.90 Å². The number of para-hydroxylation sites is 2. The second-order valence-corrected chi connectivity index (χ2v) is 8.16. The van der Waals surface area contributed by atoms with Crippen LogP contribution >= 0.6 is 0 Å². The second kappa shape index (κ2) is 7.56. The van der Waals surface area contributed by atoms with Gasteiger partial charge in [0.05, 0.1) is 11.1 Å². The second-order valence-electron chi connectivity index (χ2n) is 8.16. The van der Waals surface area contributed by atoms with Gasteiger partial charge in [0, 0.05) is 22.8 Å². The lowest BCUT2D eigenvalue weighted by molar-refractivity contribution is -0.122. The van der Waals surface area contributed by atoms with Crippen molar-refractivity contribution in [1.82, 2.24) is 4.98 Å². The average molecular weight is 400 g/mol. The quantitative estimate of drug-likeness (QED) is 0.617. The molecule has 152 valence electrons. The average Bonchev–Trinajstić information content (AvgIpc) is 3.11. The van der Waals surface area contributed by atoms with Gasteiger partial charge in [-0.2, -0.15) is 0 Å². The molecule has 3 aromatic rings. The predicted octanol–water partition coefficient (Wildman–Crippen LogP) is 4.25. The number of hydrogen-bond acceptors (Lipinski definition) is 4. The van der Waals surface area contributed by atoms with Crippen LogP contribution in [0.5, 0.6) is 0 Å². The van der Waals surface area contributed by atoms with Crippen LogP contribution in [-0.4, -0.2) is 29.5 Å². The van der Waals surface area contributed by atoms with Gasteiger partial charge in [-0.15, -0.1) is 0 Å². The summed E-state index contributed by atoms with van der Waals surface area (Å²) in [5.74, 6) is -0.617. The van der Waals surface area contributed by atoms with Crippen molar-refractivity contribution >= 4 is 28.5 Å². The molecular formula is C25H24N2O3. The minimum atomic E-state index is -0.430. The van der Waals surface area contributed by atoms with Gasteiger partial charge in [-0.05, 0) is 62.3 Å². The Balaban J connectivity index is 1.41. The van der Waals surface area contributed by atoms with Gasteiger partial charge in [0.25, 0.3) is 5.91 Å². The van der Waals surface area contributed by atoms with Gasteiger partial charge in [-0.25, -0.2) is 4.79 Å². The molecule has 0 fully saturated rings. The molecule has 1 aromatic heterocycles. The number of ether oxygens (including phenoxy) is 1. The Morgan fingerprint density at radius 3 is 2.73 bits per heavy atom. The molecule has 0 radical (unpaired) electrons. The van der Waals surface area contributed by atoms with Crippen LogP contribution in [0.3, 0.4) is 0 Å². The molecule has 1 atom stereocenters. The first-order valence-electron chi connectivity index (χ1n) is 10.6. The number of hydrogen-bond donors (Lipinski definition) is 0. The number of fused-ring (bicyclic) bond motifs is 3. The maximum Gasteiger partial charge on any atom is 0.339 e. The number of aryl methyl sites for hydroxylation is 1. The van der Waals surface area contributed by atoms with Gasteiger partial charge in [-0.3, -0.25) is 9.78 Å². The van der Waals surface area contributed by atoms with Crippen molar-refractivity contribution in [3.8, 4) is 0 Å². The van der Waals surface area contributed by atoms with Crippen molar-refractivity contribution < 1.29 is 14.3 Å². The number of carbonyl (C=O) groups is 2. The molecule has 1 amide bonds. The first-order valence-corrected chi connectivity index (χ1v) is 10.6. The Morgan fingerprint density at radius 2 is 1.83 bits per heavy atom. The Bertz CT molecular complexity index is 1150. The summed E-state index contributed by atoms with van der Waals surface area (Å²) in [6.07, 6.45) is 4.63. The summed E-state index contributed by atoms with van der Waals surface area (Å²) in [4.78, 5) is 32.6. The topological polar surface area (TPSA) is 59.5 Å². The summed E-state index contributed by atoms with van der Waals surface area (Å²) in [5.41, 5.74) is 5.42. The Kier molecular flexibility index (Phi) is 4.74. The molecule has 0 N–H and O–H groups in total. The zero-order valence-corrected chi connectivity index (χ0v) is 17.1. The summed E-state index contributed by atoms with van der Waals surface area (Å²) in [6, 6.07) is 15.6. The molecule has 5 heteroatoms. The smallest absolute Gasteiger partial charge is 0.339 e. The van der Waals surface area contributed by atoms with E-state index in [0.717, 1.165) is 65.5 Å². The molecule has 1 aliphatic carbocycles. The zero-order valence-electron chi connectivity index (χ0n) is 17.1. The first-order chi connectivity index (χ1) is 14.6. The van der Waals surface area contributed by atoms with Crippen LogP contribution in [0, 0.1) is 0 Å². The molecule has 5 rings (SSSR count). The summed E-state index contributed by atoms with van der Waals surface area (Å²) < 4.78 is 5.58. The Morgan fingerprint density at radius 1 is 1.07 bits per heavy atom. The van der Waals surface area contributed by atoms with E-state index in [-0.39, 0.29) is 18.6 Å². The number of carbonyl (C=O) groups excluding carboxylic acids is 2. The third-order valence-electron chi connectivity index (χ3n) is 6.18. The van der Waals surface area contributed by atoms with Gasteiger partial charge >= 0.3 is 5.97 Å². The molecule has 2 heterocycles. The summed E-state index contributed by atoms with van der Waals surface area (Å²) in [5, 5.41) is 0.801. The van der Waals surface area contributed by atoms with E-state index in [2.05, 4.69) is 0 Å². The third-order valence-corrected chi connectivity index (χ3v) is 6.18. The zero-order chi connectivity index (χ0) is 20.7. The highest BCUT2D eigenvalue weighted by molar-refractivity contribution is 6.06. The highest BCUT2D eigenvalue weighted by Crippen LogP contribution is 2.32. The molecule has 2 aliphatic rings. The minimum Gasteiger partial charge on any atom is -0.452 e. The normalized spacial score (nSPS) is 17.5. The van der Waals surface area contributed by atoms with Crippen LogP contribution in [0.15, 0.2) is 48.5 Å². The van der Waals surface area contributed by atoms with E-state index in [9.17, 15) is 9.59 Å². The van der Waals surface area contributed by atoms with Gasteiger partial charge in [0.1, 0.15) is 0 Å². The number of amides is 1. The van der Waals surface area contributed by atoms with Crippen molar-refractivity contribution in [3.63, 3.8) is 0 Å². The standard InChI is InChI=1S/C25H24N2O3/c1-16-14-17-8-2-7-13-22(17)27(16)23(28)15-30-25(29)24-18-9-3-5-11-20(18)26-21-12-6-4-10-19(21)24/h2-3,5,7-9,11,13,16H,4,6,10,12,14-15H2,1H3/t16-/m0/s1. The van der Waals surface area contributed by atoms with Gasteiger partial charge in [-0.1, -0.05) is 36.4 Å². The fourth-order valence-electron chi connectivity index (χ4n) is 4.82. The molecule has 0 saturated heterocycles. The maximum absolute atomic E-state index is 13.2. The molecular weight excluding hydrogens is 376 g/mol. The number of nitrogens with zero attached hydrogens (tertiary/aromatic N) is 2. The Hall–Kier alpha value is -3.21. The molecule has 2 aromatic carbocycles. The van der Waals surface area contributed by atoms with Crippen molar-refractivity contribution in [2.24, 2.45) is 0 Å². The van der Waals surface area contributed by atoms with Crippen molar-refractivity contribution in [2.45, 2.75) is 45.1 Å². The van der Waals surface area contributed by atoms with Crippen LogP contribution in [0.1, 0.15) is 46.9 Å². The molecule has 30 heavy (non-hydrogen) atoms. The Labute approximate surface area is 175 Å². The van der Waals surface area contributed by atoms with E-state index in [4.69, 9.17) is 9.72 Å². The van der Waals surface area contributed by atoms with Crippen LogP contribution in [0.25, 0.3) is 10.9 Å². The number of pyridine rings is 1. The molecule has 5 nitrogen and oxygen atoms in total. The number of benzene rings is 2. The molecule has 0 unspecified atom stereocenters. The van der Waals surface area contributed by atoms with Gasteiger partial charge in [0.15, 0.2) is 6.61 Å². The van der Waals surface area contributed by atoms with Crippen molar-refractivity contribution in [3.05, 3.63) is 70.9 Å². The fraction of sp³-hybridized carbons (Fsp3) is 0.320. The minimum absolute atomic E-state index is 0.0584. The molecule has 0 spiro atoms. The highest BCUT2D eigenvalue weighted by atomic mass is 16.5. The van der Waals surface area contributed by atoms with Crippen LogP contribution in [-0.2, 0) is 28.8 Å². The number of rotatable bonds is 3.